The van der Waals surface area contributed by atoms with Crippen molar-refractivity contribution in [3.05, 3.63) is 70.2 Å². The van der Waals surface area contributed by atoms with Gasteiger partial charge < -0.3 is 4.18 Å². The Hall–Kier alpha value is -3.07. The van der Waals surface area contributed by atoms with E-state index in [0.29, 0.717) is 11.5 Å². The standard InChI is InChI=1S/C16H11FN2O5S/c1-10-7-11-3-2-4-15(16(11)18-9-10)25(22,23)24-14-8-12(17)5-6-13(14)19(20)21/h2-9H,1H3. The van der Waals surface area contributed by atoms with E-state index in [4.69, 9.17) is 4.18 Å². The Morgan fingerprint density at radius 2 is 1.96 bits per heavy atom. The van der Waals surface area contributed by atoms with Gasteiger partial charge in [-0.15, -0.1) is 0 Å². The van der Waals surface area contributed by atoms with E-state index < -0.39 is 32.3 Å². The molecule has 7 nitrogen and oxygen atoms in total. The first-order chi connectivity index (χ1) is 11.8. The fourth-order valence-electron chi connectivity index (χ4n) is 2.31. The smallest absolute Gasteiger partial charge is 0.341 e. The van der Waals surface area contributed by atoms with Gasteiger partial charge in [-0.25, -0.2) is 4.39 Å². The number of hydrogen-bond donors (Lipinski definition) is 0. The van der Waals surface area contributed by atoms with Crippen LogP contribution in [-0.2, 0) is 10.1 Å². The van der Waals surface area contributed by atoms with Crippen LogP contribution in [0.2, 0.25) is 0 Å². The zero-order valence-corrected chi connectivity index (χ0v) is 13.7. The Kier molecular flexibility index (Phi) is 4.09. The van der Waals surface area contributed by atoms with Crippen molar-refractivity contribution in [2.24, 2.45) is 0 Å². The quantitative estimate of drug-likeness (QED) is 0.401. The van der Waals surface area contributed by atoms with Crippen molar-refractivity contribution < 1.29 is 21.9 Å². The number of nitrogens with zero attached hydrogens (tertiary/aromatic N) is 2. The minimum Gasteiger partial charge on any atom is -0.371 e. The van der Waals surface area contributed by atoms with E-state index in [1.807, 2.05) is 0 Å². The van der Waals surface area contributed by atoms with E-state index >= 15 is 0 Å². The number of nitro benzene ring substituents is 1. The highest BCUT2D eigenvalue weighted by Gasteiger charge is 2.26. The molecular weight excluding hydrogens is 351 g/mol. The van der Waals surface area contributed by atoms with Crippen LogP contribution in [0.15, 0.2) is 53.6 Å². The second-order valence-electron chi connectivity index (χ2n) is 5.25. The van der Waals surface area contributed by atoms with Gasteiger partial charge in [0.1, 0.15) is 10.7 Å². The number of hydrogen-bond acceptors (Lipinski definition) is 6. The maximum absolute atomic E-state index is 13.4. The molecular formula is C16H11FN2O5S. The van der Waals surface area contributed by atoms with E-state index in [1.165, 1.54) is 18.3 Å². The minimum atomic E-state index is -4.46. The molecule has 0 unspecified atom stereocenters. The van der Waals surface area contributed by atoms with E-state index in [9.17, 15) is 22.9 Å². The topological polar surface area (TPSA) is 99.4 Å². The lowest BCUT2D eigenvalue weighted by atomic mass is 10.2. The maximum Gasteiger partial charge on any atom is 0.341 e. The molecule has 0 radical (unpaired) electrons. The van der Waals surface area contributed by atoms with Crippen LogP contribution >= 0.6 is 0 Å². The Morgan fingerprint density at radius 1 is 1.20 bits per heavy atom. The molecule has 3 aromatic rings. The lowest BCUT2D eigenvalue weighted by molar-refractivity contribution is -0.385. The number of rotatable bonds is 4. The zero-order chi connectivity index (χ0) is 18.2. The van der Waals surface area contributed by atoms with Gasteiger partial charge in [-0.2, -0.15) is 8.42 Å². The summed E-state index contributed by atoms with van der Waals surface area (Å²) >= 11 is 0. The van der Waals surface area contributed by atoms with Crippen molar-refractivity contribution in [3.63, 3.8) is 0 Å². The molecule has 0 spiro atoms. The summed E-state index contributed by atoms with van der Waals surface area (Å²) in [5.74, 6) is -1.56. The molecule has 0 bridgehead atoms. The van der Waals surface area contributed by atoms with E-state index in [1.54, 1.807) is 19.1 Å². The lowest BCUT2D eigenvalue weighted by Gasteiger charge is -2.09. The number of aryl methyl sites for hydroxylation is 1. The van der Waals surface area contributed by atoms with Crippen LogP contribution in [0.4, 0.5) is 10.1 Å². The van der Waals surface area contributed by atoms with Gasteiger partial charge in [0.2, 0.25) is 5.75 Å². The van der Waals surface area contributed by atoms with Gasteiger partial charge >= 0.3 is 15.8 Å². The summed E-state index contributed by atoms with van der Waals surface area (Å²) in [6, 6.07) is 8.53. The summed E-state index contributed by atoms with van der Waals surface area (Å²) < 4.78 is 43.4. The number of nitro groups is 1. The molecule has 3 rings (SSSR count). The molecule has 0 aliphatic carbocycles. The molecule has 128 valence electrons. The largest absolute Gasteiger partial charge is 0.371 e. The highest BCUT2D eigenvalue weighted by molar-refractivity contribution is 7.87. The van der Waals surface area contributed by atoms with Crippen LogP contribution in [0.5, 0.6) is 5.75 Å². The Morgan fingerprint density at radius 3 is 2.68 bits per heavy atom. The fourth-order valence-corrected chi connectivity index (χ4v) is 3.43. The molecule has 1 aromatic heterocycles. The first kappa shape index (κ1) is 16.8. The number of aromatic nitrogens is 1. The van der Waals surface area contributed by atoms with Gasteiger partial charge in [-0.05, 0) is 30.7 Å². The Labute approximate surface area is 142 Å². The van der Waals surface area contributed by atoms with E-state index in [2.05, 4.69) is 4.98 Å². The molecule has 25 heavy (non-hydrogen) atoms. The van der Waals surface area contributed by atoms with Crippen molar-refractivity contribution in [1.82, 2.24) is 4.98 Å². The van der Waals surface area contributed by atoms with Crippen molar-refractivity contribution in [2.75, 3.05) is 0 Å². The monoisotopic (exact) mass is 362 g/mol. The van der Waals surface area contributed by atoms with Gasteiger partial charge in [0.05, 0.1) is 10.4 Å². The number of pyridine rings is 1. The number of para-hydroxylation sites is 1. The second kappa shape index (κ2) is 6.10. The Balaban J connectivity index is 2.13. The highest BCUT2D eigenvalue weighted by atomic mass is 32.2. The summed E-state index contributed by atoms with van der Waals surface area (Å²) in [7, 11) is -4.46. The van der Waals surface area contributed by atoms with Gasteiger partial charge in [-0.3, -0.25) is 15.1 Å². The third-order valence-electron chi connectivity index (χ3n) is 3.40. The molecule has 0 aliphatic heterocycles. The molecule has 0 fully saturated rings. The van der Waals surface area contributed by atoms with Crippen LogP contribution in [0.25, 0.3) is 10.9 Å². The third-order valence-corrected chi connectivity index (χ3v) is 4.67. The molecule has 9 heteroatoms. The third kappa shape index (κ3) is 3.26. The van der Waals surface area contributed by atoms with Crippen LogP contribution < -0.4 is 4.18 Å². The van der Waals surface area contributed by atoms with Gasteiger partial charge in [0, 0.05) is 23.7 Å². The van der Waals surface area contributed by atoms with Gasteiger partial charge in [0.15, 0.2) is 0 Å². The maximum atomic E-state index is 13.4. The molecule has 2 aromatic carbocycles. The fraction of sp³-hybridized carbons (Fsp3) is 0.0625. The molecule has 0 N–H and O–H groups in total. The van der Waals surface area contributed by atoms with Gasteiger partial charge in [-0.1, -0.05) is 12.1 Å². The number of benzene rings is 2. The van der Waals surface area contributed by atoms with Gasteiger partial charge in [0.25, 0.3) is 0 Å². The minimum absolute atomic E-state index is 0.159. The average molecular weight is 362 g/mol. The highest BCUT2D eigenvalue weighted by Crippen LogP contribution is 2.31. The van der Waals surface area contributed by atoms with Crippen molar-refractivity contribution in [3.8, 4) is 5.75 Å². The lowest BCUT2D eigenvalue weighted by Crippen LogP contribution is -2.12. The summed E-state index contributed by atoms with van der Waals surface area (Å²) in [5.41, 5.74) is 0.338. The second-order valence-corrected chi connectivity index (χ2v) is 6.76. The molecule has 0 saturated heterocycles. The van der Waals surface area contributed by atoms with E-state index in [0.717, 1.165) is 17.7 Å². The summed E-state index contributed by atoms with van der Waals surface area (Å²) in [6.07, 6.45) is 1.49. The summed E-state index contributed by atoms with van der Waals surface area (Å²) in [5, 5.41) is 11.6. The number of fused-ring (bicyclic) bond motifs is 1. The number of halogens is 1. The van der Waals surface area contributed by atoms with Crippen molar-refractivity contribution in [1.29, 1.82) is 0 Å². The van der Waals surface area contributed by atoms with E-state index in [-0.39, 0.29) is 10.4 Å². The molecule has 1 heterocycles. The SMILES string of the molecule is Cc1cnc2c(S(=O)(=O)Oc3cc(F)ccc3[N+](=O)[O-])cccc2c1. The zero-order valence-electron chi connectivity index (χ0n) is 12.8. The van der Waals surface area contributed by atoms with Crippen LogP contribution in [0.1, 0.15) is 5.56 Å². The molecule has 0 amide bonds. The Bertz CT molecular complexity index is 1100. The summed E-state index contributed by atoms with van der Waals surface area (Å²) in [6.45, 7) is 1.81. The van der Waals surface area contributed by atoms with Crippen molar-refractivity contribution >= 4 is 26.7 Å². The predicted molar refractivity (Wildman–Crippen MR) is 87.3 cm³/mol. The first-order valence-electron chi connectivity index (χ1n) is 7.02. The molecule has 0 aliphatic rings. The first-order valence-corrected chi connectivity index (χ1v) is 8.42. The normalized spacial score (nSPS) is 11.4. The molecule has 0 saturated carbocycles. The van der Waals surface area contributed by atoms with Crippen LogP contribution in [-0.4, -0.2) is 18.3 Å². The van der Waals surface area contributed by atoms with Crippen LogP contribution in [0, 0.1) is 22.9 Å². The average Bonchev–Trinajstić information content (AvgIpc) is 2.53. The summed E-state index contributed by atoms with van der Waals surface area (Å²) in [4.78, 5) is 14.0. The van der Waals surface area contributed by atoms with Crippen molar-refractivity contribution in [2.45, 2.75) is 11.8 Å². The van der Waals surface area contributed by atoms with Crippen LogP contribution in [0.3, 0.4) is 0 Å². The predicted octanol–water partition coefficient (Wildman–Crippen LogP) is 3.36. The molecule has 0 atom stereocenters.